The number of nitrogens with one attached hydrogen (secondary N) is 1. The minimum absolute atomic E-state index is 0.950. The van der Waals surface area contributed by atoms with Crippen molar-refractivity contribution in [2.75, 3.05) is 19.6 Å². The summed E-state index contributed by atoms with van der Waals surface area (Å²) in [7, 11) is 0. The van der Waals surface area contributed by atoms with E-state index in [2.05, 4.69) is 22.4 Å². The van der Waals surface area contributed by atoms with Gasteiger partial charge >= 0.3 is 0 Å². The predicted molar refractivity (Wildman–Crippen MR) is 89.1 cm³/mol. The standard InChI is InChI=1S/C17H35N3/c1-2-3-4-5-6-7-8-9-10-11-12-13-14-19-20-16-15-18-17-20/h17,19H,2-16H2,1H3. The Bertz CT molecular complexity index is 228. The van der Waals surface area contributed by atoms with Gasteiger partial charge in [0.05, 0.1) is 19.4 Å². The van der Waals surface area contributed by atoms with Crippen LogP contribution in [0.2, 0.25) is 0 Å². The molecule has 0 atom stereocenters. The van der Waals surface area contributed by atoms with E-state index < -0.39 is 0 Å². The summed E-state index contributed by atoms with van der Waals surface area (Å²) in [6.07, 6.45) is 18.9. The third kappa shape index (κ3) is 10.2. The van der Waals surface area contributed by atoms with Crippen LogP contribution in [0.25, 0.3) is 0 Å². The number of aliphatic imine (C=N–C) groups is 1. The summed E-state index contributed by atoms with van der Waals surface area (Å²) < 4.78 is 0. The van der Waals surface area contributed by atoms with Crippen LogP contribution >= 0.6 is 0 Å². The highest BCUT2D eigenvalue weighted by atomic mass is 15.5. The summed E-state index contributed by atoms with van der Waals surface area (Å²) in [5.74, 6) is 0. The zero-order valence-electron chi connectivity index (χ0n) is 13.6. The van der Waals surface area contributed by atoms with Crippen LogP contribution < -0.4 is 5.43 Å². The summed E-state index contributed by atoms with van der Waals surface area (Å²) in [6, 6.07) is 0. The maximum Gasteiger partial charge on any atom is 0.0993 e. The molecule has 1 heterocycles. The average molecular weight is 281 g/mol. The van der Waals surface area contributed by atoms with Gasteiger partial charge in [-0.3, -0.25) is 10.0 Å². The van der Waals surface area contributed by atoms with Gasteiger partial charge in [-0.25, -0.2) is 5.43 Å². The van der Waals surface area contributed by atoms with Crippen molar-refractivity contribution in [2.45, 2.75) is 84.0 Å². The monoisotopic (exact) mass is 281 g/mol. The molecule has 1 aliphatic heterocycles. The molecular weight excluding hydrogens is 246 g/mol. The number of unbranched alkanes of at least 4 members (excludes halogenated alkanes) is 11. The van der Waals surface area contributed by atoms with Crippen molar-refractivity contribution >= 4 is 6.34 Å². The molecule has 0 saturated carbocycles. The molecule has 3 nitrogen and oxygen atoms in total. The van der Waals surface area contributed by atoms with E-state index in [0.29, 0.717) is 0 Å². The number of nitrogens with zero attached hydrogens (tertiary/aromatic N) is 2. The summed E-state index contributed by atoms with van der Waals surface area (Å²) in [6.45, 7) is 5.38. The third-order valence-electron chi connectivity index (χ3n) is 4.04. The molecule has 0 aromatic rings. The fourth-order valence-corrected chi connectivity index (χ4v) is 2.69. The van der Waals surface area contributed by atoms with E-state index in [9.17, 15) is 0 Å². The molecule has 0 aromatic heterocycles. The summed E-state index contributed by atoms with van der Waals surface area (Å²) in [5.41, 5.74) is 3.40. The van der Waals surface area contributed by atoms with Crippen molar-refractivity contribution in [3.63, 3.8) is 0 Å². The minimum atomic E-state index is 0.950. The van der Waals surface area contributed by atoms with Crippen molar-refractivity contribution in [2.24, 2.45) is 4.99 Å². The van der Waals surface area contributed by atoms with Crippen LogP contribution in [0.15, 0.2) is 4.99 Å². The van der Waals surface area contributed by atoms with Crippen molar-refractivity contribution < 1.29 is 0 Å². The van der Waals surface area contributed by atoms with Gasteiger partial charge in [-0.15, -0.1) is 0 Å². The van der Waals surface area contributed by atoms with Gasteiger partial charge in [-0.2, -0.15) is 0 Å². The predicted octanol–water partition coefficient (Wildman–Crippen LogP) is 4.54. The van der Waals surface area contributed by atoms with Gasteiger partial charge in [-0.1, -0.05) is 77.6 Å². The van der Waals surface area contributed by atoms with Crippen molar-refractivity contribution in [1.29, 1.82) is 0 Å². The molecule has 0 fully saturated rings. The lowest BCUT2D eigenvalue weighted by Gasteiger charge is -2.14. The quantitative estimate of drug-likeness (QED) is 0.473. The van der Waals surface area contributed by atoms with Gasteiger partial charge in [0.15, 0.2) is 0 Å². The van der Waals surface area contributed by atoms with E-state index in [4.69, 9.17) is 0 Å². The highest BCUT2D eigenvalue weighted by Gasteiger charge is 2.02. The smallest absolute Gasteiger partial charge is 0.0993 e. The second-order valence-corrected chi connectivity index (χ2v) is 6.01. The van der Waals surface area contributed by atoms with Gasteiger partial charge in [0.25, 0.3) is 0 Å². The molecule has 0 saturated heterocycles. The first-order valence-electron chi connectivity index (χ1n) is 8.93. The fourth-order valence-electron chi connectivity index (χ4n) is 2.69. The number of hydrazine groups is 1. The summed E-state index contributed by atoms with van der Waals surface area (Å²) in [4.78, 5) is 4.18. The molecule has 0 aromatic carbocycles. The molecule has 0 bridgehead atoms. The Balaban J connectivity index is 1.67. The summed E-state index contributed by atoms with van der Waals surface area (Å²) >= 11 is 0. The molecule has 1 aliphatic rings. The number of rotatable bonds is 14. The molecular formula is C17H35N3. The number of hydrogen-bond acceptors (Lipinski definition) is 3. The molecule has 0 radical (unpaired) electrons. The second-order valence-electron chi connectivity index (χ2n) is 6.01. The SMILES string of the molecule is CCCCCCCCCCCCCCNN1C=NCC1. The lowest BCUT2D eigenvalue weighted by Crippen LogP contribution is -2.35. The molecule has 0 unspecified atom stereocenters. The van der Waals surface area contributed by atoms with E-state index in [0.717, 1.165) is 19.6 Å². The maximum atomic E-state index is 4.18. The largest absolute Gasteiger partial charge is 0.297 e. The van der Waals surface area contributed by atoms with Crippen LogP contribution in [0.3, 0.4) is 0 Å². The molecule has 20 heavy (non-hydrogen) atoms. The Morgan fingerprint density at radius 1 is 0.850 bits per heavy atom. The first kappa shape index (κ1) is 17.5. The van der Waals surface area contributed by atoms with E-state index in [-0.39, 0.29) is 0 Å². The molecule has 1 N–H and O–H groups in total. The molecule has 0 amide bonds. The third-order valence-corrected chi connectivity index (χ3v) is 4.04. The van der Waals surface area contributed by atoms with Gasteiger partial charge in [0, 0.05) is 6.54 Å². The zero-order chi connectivity index (χ0) is 14.3. The highest BCUT2D eigenvalue weighted by Crippen LogP contribution is 2.11. The van der Waals surface area contributed by atoms with Crippen molar-refractivity contribution in [3.05, 3.63) is 0 Å². The van der Waals surface area contributed by atoms with E-state index in [1.165, 1.54) is 77.0 Å². The Morgan fingerprint density at radius 2 is 1.40 bits per heavy atom. The Kier molecular flexibility index (Phi) is 11.7. The van der Waals surface area contributed by atoms with Crippen molar-refractivity contribution in [3.8, 4) is 0 Å². The van der Waals surface area contributed by atoms with Crippen molar-refractivity contribution in [1.82, 2.24) is 10.4 Å². The molecule has 3 heteroatoms. The van der Waals surface area contributed by atoms with Crippen LogP contribution in [0.1, 0.15) is 84.0 Å². The normalized spacial score (nSPS) is 14.3. The average Bonchev–Trinajstić information content (AvgIpc) is 2.97. The lowest BCUT2D eigenvalue weighted by atomic mass is 10.1. The minimum Gasteiger partial charge on any atom is -0.297 e. The molecule has 1 rings (SSSR count). The van der Waals surface area contributed by atoms with Gasteiger partial charge in [0.1, 0.15) is 0 Å². The van der Waals surface area contributed by atoms with E-state index >= 15 is 0 Å². The first-order valence-corrected chi connectivity index (χ1v) is 8.93. The zero-order valence-corrected chi connectivity index (χ0v) is 13.6. The maximum absolute atomic E-state index is 4.18. The van der Waals surface area contributed by atoms with Gasteiger partial charge in [0.2, 0.25) is 0 Å². The van der Waals surface area contributed by atoms with Crippen LogP contribution in [-0.2, 0) is 0 Å². The second kappa shape index (κ2) is 13.4. The first-order chi connectivity index (χ1) is 9.93. The molecule has 0 aliphatic carbocycles. The van der Waals surface area contributed by atoms with E-state index in [1.807, 2.05) is 6.34 Å². The highest BCUT2D eigenvalue weighted by molar-refractivity contribution is 5.56. The van der Waals surface area contributed by atoms with Crippen LogP contribution in [0, 0.1) is 0 Å². The van der Waals surface area contributed by atoms with Crippen LogP contribution in [0.4, 0.5) is 0 Å². The van der Waals surface area contributed by atoms with E-state index in [1.54, 1.807) is 0 Å². The molecule has 118 valence electrons. The fraction of sp³-hybridized carbons (Fsp3) is 0.941. The lowest BCUT2D eigenvalue weighted by molar-refractivity contribution is 0.336. The summed E-state index contributed by atoms with van der Waals surface area (Å²) in [5, 5.41) is 2.11. The van der Waals surface area contributed by atoms with Gasteiger partial charge < -0.3 is 0 Å². The topological polar surface area (TPSA) is 27.6 Å². The van der Waals surface area contributed by atoms with Crippen LogP contribution in [0.5, 0.6) is 0 Å². The van der Waals surface area contributed by atoms with Gasteiger partial charge in [-0.05, 0) is 6.42 Å². The molecule has 0 spiro atoms. The Hall–Kier alpha value is -0.570. The Morgan fingerprint density at radius 3 is 1.90 bits per heavy atom. The Labute approximate surface area is 126 Å². The van der Waals surface area contributed by atoms with Crippen LogP contribution in [-0.4, -0.2) is 31.0 Å². The number of hydrogen-bond donors (Lipinski definition) is 1.